The lowest BCUT2D eigenvalue weighted by Gasteiger charge is -2.34. The SMILES string of the molecule is COc1ccc2c(c1)CCC(NC(=O)NCc1ccc(N(C)C3CCCCC3)cc1)C2Cc1ccccc1. The Morgan fingerprint density at radius 3 is 2.42 bits per heavy atom. The number of rotatable bonds is 8. The molecule has 5 rings (SSSR count). The topological polar surface area (TPSA) is 53.6 Å². The van der Waals surface area contributed by atoms with E-state index in [2.05, 4.69) is 83.2 Å². The summed E-state index contributed by atoms with van der Waals surface area (Å²) in [6, 6.07) is 26.2. The molecule has 2 aliphatic carbocycles. The first-order valence-corrected chi connectivity index (χ1v) is 14.2. The first-order chi connectivity index (χ1) is 18.6. The molecule has 3 aromatic carbocycles. The van der Waals surface area contributed by atoms with Crippen molar-refractivity contribution < 1.29 is 9.53 Å². The highest BCUT2D eigenvalue weighted by molar-refractivity contribution is 5.74. The second-order valence-electron chi connectivity index (χ2n) is 10.9. The van der Waals surface area contributed by atoms with Crippen molar-refractivity contribution in [1.82, 2.24) is 10.6 Å². The molecule has 0 radical (unpaired) electrons. The van der Waals surface area contributed by atoms with Gasteiger partial charge in [0.1, 0.15) is 5.75 Å². The number of carbonyl (C=O) groups is 1. The summed E-state index contributed by atoms with van der Waals surface area (Å²) in [6.45, 7) is 0.517. The van der Waals surface area contributed by atoms with Crippen molar-refractivity contribution in [2.24, 2.45) is 0 Å². The molecule has 0 aromatic heterocycles. The maximum atomic E-state index is 13.0. The largest absolute Gasteiger partial charge is 0.497 e. The number of urea groups is 1. The highest BCUT2D eigenvalue weighted by atomic mass is 16.5. The monoisotopic (exact) mass is 511 g/mol. The number of fused-ring (bicyclic) bond motifs is 1. The van der Waals surface area contributed by atoms with Crippen LogP contribution in [0, 0.1) is 0 Å². The Bertz CT molecular complexity index is 1190. The molecule has 0 bridgehead atoms. The second-order valence-corrected chi connectivity index (χ2v) is 10.9. The average molecular weight is 512 g/mol. The molecular formula is C33H41N3O2. The molecule has 2 atom stereocenters. The fourth-order valence-electron chi connectivity index (χ4n) is 6.24. The lowest BCUT2D eigenvalue weighted by Crippen LogP contribution is -2.46. The highest BCUT2D eigenvalue weighted by Crippen LogP contribution is 2.36. The summed E-state index contributed by atoms with van der Waals surface area (Å²) in [4.78, 5) is 15.4. The van der Waals surface area contributed by atoms with Crippen LogP contribution in [-0.4, -0.2) is 32.3 Å². The Morgan fingerprint density at radius 1 is 0.921 bits per heavy atom. The van der Waals surface area contributed by atoms with E-state index in [9.17, 15) is 4.79 Å². The number of aryl methyl sites for hydroxylation is 1. The van der Waals surface area contributed by atoms with Gasteiger partial charge in [0.15, 0.2) is 0 Å². The molecule has 1 fully saturated rings. The number of anilines is 1. The predicted molar refractivity (Wildman–Crippen MR) is 155 cm³/mol. The van der Waals surface area contributed by atoms with Crippen LogP contribution in [0.25, 0.3) is 0 Å². The Kier molecular flexibility index (Phi) is 8.52. The molecule has 200 valence electrons. The maximum absolute atomic E-state index is 13.0. The van der Waals surface area contributed by atoms with E-state index >= 15 is 0 Å². The summed E-state index contributed by atoms with van der Waals surface area (Å²) < 4.78 is 5.47. The van der Waals surface area contributed by atoms with Crippen molar-refractivity contribution in [1.29, 1.82) is 0 Å². The van der Waals surface area contributed by atoms with Crippen molar-refractivity contribution in [3.63, 3.8) is 0 Å². The lowest BCUT2D eigenvalue weighted by atomic mass is 9.76. The maximum Gasteiger partial charge on any atom is 0.315 e. The fourth-order valence-corrected chi connectivity index (χ4v) is 6.24. The zero-order chi connectivity index (χ0) is 26.3. The quantitative estimate of drug-likeness (QED) is 0.358. The molecule has 2 unspecified atom stereocenters. The summed E-state index contributed by atoms with van der Waals surface area (Å²) in [6.07, 6.45) is 9.33. The molecule has 5 heteroatoms. The van der Waals surface area contributed by atoms with Crippen LogP contribution in [-0.2, 0) is 19.4 Å². The van der Waals surface area contributed by atoms with Crippen LogP contribution in [0.3, 0.4) is 0 Å². The van der Waals surface area contributed by atoms with Gasteiger partial charge >= 0.3 is 6.03 Å². The Balaban J connectivity index is 1.21. The van der Waals surface area contributed by atoms with Crippen LogP contribution in [0.2, 0.25) is 0 Å². The van der Waals surface area contributed by atoms with Gasteiger partial charge in [0, 0.05) is 37.3 Å². The molecule has 2 aliphatic rings. The van der Waals surface area contributed by atoms with Gasteiger partial charge in [-0.25, -0.2) is 4.79 Å². The molecule has 2 amide bonds. The standard InChI is InChI=1S/C33H41N3O2/c1-36(27-11-7-4-8-12-27)28-16-13-25(14-17-28)23-34-33(37)35-32-20-15-26-22-29(38-2)18-19-30(26)31(32)21-24-9-5-3-6-10-24/h3,5-6,9-10,13-14,16-19,22,27,31-32H,4,7-8,11-12,15,20-21,23H2,1-2H3,(H2,34,35,37). The predicted octanol–water partition coefficient (Wildman–Crippen LogP) is 6.60. The van der Waals surface area contributed by atoms with Crippen LogP contribution in [0.15, 0.2) is 72.8 Å². The van der Waals surface area contributed by atoms with Gasteiger partial charge in [-0.15, -0.1) is 0 Å². The van der Waals surface area contributed by atoms with Crippen molar-refractivity contribution in [3.8, 4) is 5.75 Å². The van der Waals surface area contributed by atoms with Gasteiger partial charge in [-0.05, 0) is 78.6 Å². The van der Waals surface area contributed by atoms with Crippen LogP contribution < -0.4 is 20.3 Å². The molecule has 2 N–H and O–H groups in total. The van der Waals surface area contributed by atoms with Gasteiger partial charge in [-0.2, -0.15) is 0 Å². The number of hydrogen-bond acceptors (Lipinski definition) is 3. The first kappa shape index (κ1) is 26.1. The smallest absolute Gasteiger partial charge is 0.315 e. The summed E-state index contributed by atoms with van der Waals surface area (Å²) in [5.41, 5.74) is 6.28. The summed E-state index contributed by atoms with van der Waals surface area (Å²) in [5.74, 6) is 1.11. The summed E-state index contributed by atoms with van der Waals surface area (Å²) in [7, 11) is 3.92. The normalized spacial score (nSPS) is 19.3. The number of hydrogen-bond donors (Lipinski definition) is 2. The van der Waals surface area contributed by atoms with Gasteiger partial charge in [-0.1, -0.05) is 67.8 Å². The fraction of sp³-hybridized carbons (Fsp3) is 0.424. The number of nitrogens with zero attached hydrogens (tertiary/aromatic N) is 1. The number of amides is 2. The third-order valence-electron chi connectivity index (χ3n) is 8.49. The van der Waals surface area contributed by atoms with Crippen molar-refractivity contribution in [2.45, 2.75) is 75.9 Å². The third kappa shape index (κ3) is 6.32. The van der Waals surface area contributed by atoms with E-state index in [-0.39, 0.29) is 18.0 Å². The van der Waals surface area contributed by atoms with Gasteiger partial charge in [0.05, 0.1) is 7.11 Å². The van der Waals surface area contributed by atoms with Crippen LogP contribution >= 0.6 is 0 Å². The van der Waals surface area contributed by atoms with E-state index in [1.807, 2.05) is 12.1 Å². The number of benzene rings is 3. The zero-order valence-electron chi connectivity index (χ0n) is 22.8. The Labute approximate surface area is 227 Å². The Hall–Kier alpha value is -3.47. The van der Waals surface area contributed by atoms with Crippen LogP contribution in [0.1, 0.15) is 66.7 Å². The van der Waals surface area contributed by atoms with Gasteiger partial charge in [0.2, 0.25) is 0 Å². The number of methoxy groups -OCH3 is 1. The van der Waals surface area contributed by atoms with Crippen LogP contribution in [0.5, 0.6) is 5.75 Å². The molecule has 0 spiro atoms. The van der Waals surface area contributed by atoms with E-state index in [1.54, 1.807) is 7.11 Å². The molecular weight excluding hydrogens is 470 g/mol. The first-order valence-electron chi connectivity index (χ1n) is 14.2. The number of nitrogens with one attached hydrogen (secondary N) is 2. The molecule has 38 heavy (non-hydrogen) atoms. The van der Waals surface area contributed by atoms with Crippen LogP contribution in [0.4, 0.5) is 10.5 Å². The molecule has 5 nitrogen and oxygen atoms in total. The minimum absolute atomic E-state index is 0.0719. The summed E-state index contributed by atoms with van der Waals surface area (Å²) in [5, 5.41) is 6.41. The molecule has 0 heterocycles. The molecule has 1 saturated carbocycles. The molecule has 0 saturated heterocycles. The zero-order valence-corrected chi connectivity index (χ0v) is 22.8. The van der Waals surface area contributed by atoms with E-state index in [0.717, 1.165) is 30.6 Å². The third-order valence-corrected chi connectivity index (χ3v) is 8.49. The highest BCUT2D eigenvalue weighted by Gasteiger charge is 2.31. The van der Waals surface area contributed by atoms with E-state index < -0.39 is 0 Å². The number of carbonyl (C=O) groups excluding carboxylic acids is 1. The van der Waals surface area contributed by atoms with Crippen molar-refractivity contribution in [3.05, 3.63) is 95.1 Å². The second kappa shape index (κ2) is 12.4. The minimum atomic E-state index is -0.103. The van der Waals surface area contributed by atoms with Gasteiger partial charge in [-0.3, -0.25) is 0 Å². The molecule has 3 aromatic rings. The van der Waals surface area contributed by atoms with Crippen molar-refractivity contribution >= 4 is 11.7 Å². The number of ether oxygens (including phenoxy) is 1. The van der Waals surface area contributed by atoms with Gasteiger partial charge in [0.25, 0.3) is 0 Å². The van der Waals surface area contributed by atoms with E-state index in [0.29, 0.717) is 12.6 Å². The van der Waals surface area contributed by atoms with E-state index in [4.69, 9.17) is 4.74 Å². The van der Waals surface area contributed by atoms with Gasteiger partial charge < -0.3 is 20.3 Å². The average Bonchev–Trinajstić information content (AvgIpc) is 2.98. The Morgan fingerprint density at radius 2 is 1.68 bits per heavy atom. The summed E-state index contributed by atoms with van der Waals surface area (Å²) >= 11 is 0. The minimum Gasteiger partial charge on any atom is -0.497 e. The molecule has 0 aliphatic heterocycles. The lowest BCUT2D eigenvalue weighted by molar-refractivity contribution is 0.232. The van der Waals surface area contributed by atoms with E-state index in [1.165, 1.54) is 54.5 Å². The van der Waals surface area contributed by atoms with Crippen molar-refractivity contribution in [2.75, 3.05) is 19.1 Å².